The second-order valence-corrected chi connectivity index (χ2v) is 11.0. The number of nitrogens with one attached hydrogen (secondary N) is 1. The first-order valence-corrected chi connectivity index (χ1v) is 13.5. The molecule has 3 rings (SSSR count). The molecule has 1 N–H and O–H groups in total. The summed E-state index contributed by atoms with van der Waals surface area (Å²) in [5.41, 5.74) is 3.68. The van der Waals surface area contributed by atoms with E-state index in [4.69, 9.17) is 11.6 Å². The molecule has 3 aromatic rings. The molecule has 0 aromatic heterocycles. The van der Waals surface area contributed by atoms with Crippen molar-refractivity contribution >= 4 is 45.0 Å². The molecule has 0 aliphatic heterocycles. The van der Waals surface area contributed by atoms with E-state index in [1.54, 1.807) is 48.2 Å². The molecule has 0 saturated carbocycles. The molecule has 0 atom stereocenters. The maximum absolute atomic E-state index is 13.3. The quantitative estimate of drug-likeness (QED) is 0.387. The predicted molar refractivity (Wildman–Crippen MR) is 138 cm³/mol. The van der Waals surface area contributed by atoms with Crippen molar-refractivity contribution in [1.82, 2.24) is 5.32 Å². The number of nitrogens with zero attached hydrogens (tertiary/aromatic N) is 1. The maximum Gasteiger partial charge on any atom is 0.264 e. The lowest BCUT2D eigenvalue weighted by atomic mass is 10.1. The minimum atomic E-state index is -3.95. The zero-order valence-electron chi connectivity index (χ0n) is 18.6. The molecule has 8 heteroatoms. The van der Waals surface area contributed by atoms with Crippen molar-refractivity contribution in [3.8, 4) is 0 Å². The predicted octanol–water partition coefficient (Wildman–Crippen LogP) is 5.20. The summed E-state index contributed by atoms with van der Waals surface area (Å²) in [6.45, 7) is 4.03. The van der Waals surface area contributed by atoms with Crippen molar-refractivity contribution < 1.29 is 13.2 Å². The molecule has 0 spiro atoms. The Labute approximate surface area is 205 Å². The molecule has 0 radical (unpaired) electrons. The number of amides is 1. The summed E-state index contributed by atoms with van der Waals surface area (Å²) in [4.78, 5) is 12.8. The van der Waals surface area contributed by atoms with Gasteiger partial charge in [0, 0.05) is 23.1 Å². The molecule has 0 fully saturated rings. The monoisotopic (exact) mass is 502 g/mol. The summed E-state index contributed by atoms with van der Waals surface area (Å²) >= 11 is 7.97. The lowest BCUT2D eigenvalue weighted by molar-refractivity contribution is -0.119. The van der Waals surface area contributed by atoms with Crippen molar-refractivity contribution in [2.24, 2.45) is 0 Å². The van der Waals surface area contributed by atoms with Gasteiger partial charge in [0.1, 0.15) is 6.54 Å². The first-order chi connectivity index (χ1) is 15.8. The van der Waals surface area contributed by atoms with E-state index >= 15 is 0 Å². The minimum Gasteiger partial charge on any atom is -0.354 e. The van der Waals surface area contributed by atoms with Crippen LogP contribution in [0.15, 0.2) is 77.7 Å². The van der Waals surface area contributed by atoms with Gasteiger partial charge in [-0.3, -0.25) is 9.10 Å². The molecule has 0 unspecified atom stereocenters. The number of hydrogen-bond donors (Lipinski definition) is 1. The Hall–Kier alpha value is -2.48. The summed E-state index contributed by atoms with van der Waals surface area (Å²) in [6, 6.07) is 21.3. The van der Waals surface area contributed by atoms with Gasteiger partial charge < -0.3 is 5.32 Å². The van der Waals surface area contributed by atoms with Crippen molar-refractivity contribution in [2.45, 2.75) is 24.5 Å². The zero-order chi connectivity index (χ0) is 23.8. The van der Waals surface area contributed by atoms with E-state index in [-0.39, 0.29) is 17.3 Å². The van der Waals surface area contributed by atoms with Gasteiger partial charge in [0.05, 0.1) is 10.6 Å². The van der Waals surface area contributed by atoms with E-state index in [0.29, 0.717) is 17.3 Å². The summed E-state index contributed by atoms with van der Waals surface area (Å²) in [5, 5.41) is 3.27. The Morgan fingerprint density at radius 3 is 2.36 bits per heavy atom. The van der Waals surface area contributed by atoms with E-state index in [1.807, 2.05) is 19.1 Å². The third kappa shape index (κ3) is 6.76. The van der Waals surface area contributed by atoms with Gasteiger partial charge in [-0.15, -0.1) is 0 Å². The molecule has 0 aliphatic rings. The normalized spacial score (nSPS) is 11.2. The van der Waals surface area contributed by atoms with Gasteiger partial charge in [0.15, 0.2) is 0 Å². The Balaban J connectivity index is 1.66. The molecule has 33 heavy (non-hydrogen) atoms. The summed E-state index contributed by atoms with van der Waals surface area (Å²) in [5.74, 6) is 1.21. The highest BCUT2D eigenvalue weighted by molar-refractivity contribution is 7.98. The standard InChI is InChI=1S/C25H27ClN2O3S2/c1-19-8-6-7-9-21(19)18-32-15-14-27-25(29)17-28(22-13-12-20(2)24(26)16-22)33(30,31)23-10-4-3-5-11-23/h3-13,16H,14-15,17-18H2,1-2H3,(H,27,29). The smallest absolute Gasteiger partial charge is 0.264 e. The minimum absolute atomic E-state index is 0.114. The Bertz CT molecular complexity index is 1200. The zero-order valence-corrected chi connectivity index (χ0v) is 21.0. The summed E-state index contributed by atoms with van der Waals surface area (Å²) in [7, 11) is -3.95. The van der Waals surface area contributed by atoms with Gasteiger partial charge in [-0.05, 0) is 54.8 Å². The Morgan fingerprint density at radius 2 is 1.67 bits per heavy atom. The second-order valence-electron chi connectivity index (χ2n) is 7.59. The topological polar surface area (TPSA) is 66.5 Å². The van der Waals surface area contributed by atoms with Gasteiger partial charge in [-0.25, -0.2) is 8.42 Å². The number of halogens is 1. The number of anilines is 1. The number of thioether (sulfide) groups is 1. The van der Waals surface area contributed by atoms with Crippen molar-refractivity contribution in [3.63, 3.8) is 0 Å². The van der Waals surface area contributed by atoms with Crippen LogP contribution in [0.25, 0.3) is 0 Å². The molecule has 0 aliphatic carbocycles. The molecule has 1 amide bonds. The van der Waals surface area contributed by atoms with Gasteiger partial charge in [0.2, 0.25) is 5.91 Å². The Morgan fingerprint density at radius 1 is 0.970 bits per heavy atom. The van der Waals surface area contributed by atoms with E-state index in [1.165, 1.54) is 23.3 Å². The molecule has 0 saturated heterocycles. The van der Waals surface area contributed by atoms with Gasteiger partial charge in [-0.2, -0.15) is 11.8 Å². The highest BCUT2D eigenvalue weighted by Gasteiger charge is 2.27. The lowest BCUT2D eigenvalue weighted by Crippen LogP contribution is -2.41. The number of carbonyl (C=O) groups is 1. The van der Waals surface area contributed by atoms with Crippen molar-refractivity contribution in [2.75, 3.05) is 23.1 Å². The Kier molecular flexibility index (Phi) is 8.83. The van der Waals surface area contributed by atoms with E-state index < -0.39 is 10.0 Å². The number of aryl methyl sites for hydroxylation is 2. The van der Waals surface area contributed by atoms with Crippen molar-refractivity contribution in [1.29, 1.82) is 0 Å². The van der Waals surface area contributed by atoms with Crippen LogP contribution < -0.4 is 9.62 Å². The fraction of sp³-hybridized carbons (Fsp3) is 0.240. The molecule has 0 bridgehead atoms. The van der Waals surface area contributed by atoms with Crippen LogP contribution in [0.1, 0.15) is 16.7 Å². The van der Waals surface area contributed by atoms with Crippen LogP contribution in [0.2, 0.25) is 5.02 Å². The number of sulfonamides is 1. The van der Waals surface area contributed by atoms with Gasteiger partial charge in [0.25, 0.3) is 10.0 Å². The van der Waals surface area contributed by atoms with E-state index in [0.717, 1.165) is 21.4 Å². The fourth-order valence-electron chi connectivity index (χ4n) is 3.17. The largest absolute Gasteiger partial charge is 0.354 e. The number of hydrogen-bond acceptors (Lipinski definition) is 4. The van der Waals surface area contributed by atoms with Crippen LogP contribution in [0.4, 0.5) is 5.69 Å². The average Bonchev–Trinajstić information content (AvgIpc) is 2.81. The third-order valence-electron chi connectivity index (χ3n) is 5.15. The first-order valence-electron chi connectivity index (χ1n) is 10.5. The van der Waals surface area contributed by atoms with Gasteiger partial charge in [-0.1, -0.05) is 60.1 Å². The molecular weight excluding hydrogens is 476 g/mol. The highest BCUT2D eigenvalue weighted by Crippen LogP contribution is 2.28. The fourth-order valence-corrected chi connectivity index (χ4v) is 5.72. The second kappa shape index (κ2) is 11.6. The third-order valence-corrected chi connectivity index (χ3v) is 8.35. The highest BCUT2D eigenvalue weighted by atomic mass is 35.5. The SMILES string of the molecule is Cc1ccc(N(CC(=O)NCCSCc2ccccc2C)S(=O)(=O)c2ccccc2)cc1Cl. The first kappa shape index (κ1) is 25.1. The molecule has 5 nitrogen and oxygen atoms in total. The van der Waals surface area contributed by atoms with Crippen LogP contribution in [0.3, 0.4) is 0 Å². The van der Waals surface area contributed by atoms with E-state index in [2.05, 4.69) is 24.4 Å². The van der Waals surface area contributed by atoms with Crippen LogP contribution in [-0.4, -0.2) is 33.2 Å². The lowest BCUT2D eigenvalue weighted by Gasteiger charge is -2.24. The van der Waals surface area contributed by atoms with Crippen LogP contribution in [0.5, 0.6) is 0 Å². The molecule has 174 valence electrons. The number of rotatable bonds is 10. The molecular formula is C25H27ClN2O3S2. The van der Waals surface area contributed by atoms with E-state index in [9.17, 15) is 13.2 Å². The molecule has 0 heterocycles. The summed E-state index contributed by atoms with van der Waals surface area (Å²) < 4.78 is 27.8. The van der Waals surface area contributed by atoms with Crippen LogP contribution in [0, 0.1) is 13.8 Å². The molecule has 3 aromatic carbocycles. The van der Waals surface area contributed by atoms with Crippen molar-refractivity contribution in [3.05, 3.63) is 94.5 Å². The maximum atomic E-state index is 13.3. The number of carbonyl (C=O) groups excluding carboxylic acids is 1. The number of benzene rings is 3. The van der Waals surface area contributed by atoms with Crippen LogP contribution >= 0.6 is 23.4 Å². The van der Waals surface area contributed by atoms with Gasteiger partial charge >= 0.3 is 0 Å². The summed E-state index contributed by atoms with van der Waals surface area (Å²) in [6.07, 6.45) is 0. The van der Waals surface area contributed by atoms with Crippen LogP contribution in [-0.2, 0) is 20.6 Å². The average molecular weight is 503 g/mol.